The Bertz CT molecular complexity index is 1060. The van der Waals surface area contributed by atoms with Crippen molar-refractivity contribution in [1.29, 1.82) is 0 Å². The lowest BCUT2D eigenvalue weighted by Gasteiger charge is -2.16. The van der Waals surface area contributed by atoms with Crippen LogP contribution in [0.4, 0.5) is 5.69 Å². The number of imidazole rings is 1. The third kappa shape index (κ3) is 5.64. The molecule has 0 spiro atoms. The SMILES string of the molecule is CN=C(NCc1ccc(N2CCCC2=O)cc1)NCc1ccc(-n2ccnc2C)nc1.I. The van der Waals surface area contributed by atoms with Gasteiger partial charge in [-0.3, -0.25) is 14.4 Å². The number of amides is 1. The van der Waals surface area contributed by atoms with Crippen LogP contribution >= 0.6 is 24.0 Å². The largest absolute Gasteiger partial charge is 0.352 e. The molecule has 0 atom stereocenters. The number of rotatable bonds is 6. The summed E-state index contributed by atoms with van der Waals surface area (Å²) in [5.41, 5.74) is 3.15. The predicted molar refractivity (Wildman–Crippen MR) is 137 cm³/mol. The summed E-state index contributed by atoms with van der Waals surface area (Å²) < 4.78 is 1.95. The zero-order valence-electron chi connectivity index (χ0n) is 18.3. The van der Waals surface area contributed by atoms with Crippen molar-refractivity contribution in [2.24, 2.45) is 4.99 Å². The highest BCUT2D eigenvalue weighted by atomic mass is 127. The lowest BCUT2D eigenvalue weighted by molar-refractivity contribution is -0.117. The number of carbonyl (C=O) groups excluding carboxylic acids is 1. The fraction of sp³-hybridized carbons (Fsp3) is 0.304. The minimum absolute atomic E-state index is 0. The molecule has 168 valence electrons. The van der Waals surface area contributed by atoms with Gasteiger partial charge in [0.15, 0.2) is 5.96 Å². The number of pyridine rings is 1. The van der Waals surface area contributed by atoms with Gasteiger partial charge in [-0.15, -0.1) is 24.0 Å². The molecule has 0 bridgehead atoms. The van der Waals surface area contributed by atoms with Crippen LogP contribution in [0.3, 0.4) is 0 Å². The maximum Gasteiger partial charge on any atom is 0.227 e. The second-order valence-electron chi connectivity index (χ2n) is 7.46. The van der Waals surface area contributed by atoms with Crippen LogP contribution in [0.5, 0.6) is 0 Å². The lowest BCUT2D eigenvalue weighted by Crippen LogP contribution is -2.36. The maximum absolute atomic E-state index is 11.9. The van der Waals surface area contributed by atoms with Gasteiger partial charge in [-0.2, -0.15) is 0 Å². The summed E-state index contributed by atoms with van der Waals surface area (Å²) in [6, 6.07) is 12.1. The molecule has 0 aliphatic carbocycles. The predicted octanol–water partition coefficient (Wildman–Crippen LogP) is 3.19. The van der Waals surface area contributed by atoms with Gasteiger partial charge in [0.05, 0.1) is 0 Å². The van der Waals surface area contributed by atoms with Crippen LogP contribution in [0.2, 0.25) is 0 Å². The monoisotopic (exact) mass is 545 g/mol. The van der Waals surface area contributed by atoms with Crippen LogP contribution in [0.25, 0.3) is 5.82 Å². The van der Waals surface area contributed by atoms with E-state index in [1.807, 2.05) is 65.2 Å². The molecule has 1 amide bonds. The molecule has 1 aliphatic heterocycles. The highest BCUT2D eigenvalue weighted by Crippen LogP contribution is 2.21. The van der Waals surface area contributed by atoms with E-state index in [1.54, 1.807) is 13.2 Å². The fourth-order valence-electron chi connectivity index (χ4n) is 3.59. The lowest BCUT2D eigenvalue weighted by atomic mass is 10.2. The number of aliphatic imine (C=N–C) groups is 1. The fourth-order valence-corrected chi connectivity index (χ4v) is 3.59. The van der Waals surface area contributed by atoms with E-state index in [9.17, 15) is 4.79 Å². The highest BCUT2D eigenvalue weighted by molar-refractivity contribution is 14.0. The Morgan fingerprint density at radius 3 is 2.34 bits per heavy atom. The van der Waals surface area contributed by atoms with E-state index in [4.69, 9.17) is 0 Å². The van der Waals surface area contributed by atoms with E-state index in [2.05, 4.69) is 25.6 Å². The molecule has 3 heterocycles. The number of halogens is 1. The average molecular weight is 545 g/mol. The Kier molecular flexibility index (Phi) is 8.20. The van der Waals surface area contributed by atoms with Gasteiger partial charge >= 0.3 is 0 Å². The van der Waals surface area contributed by atoms with Crippen molar-refractivity contribution in [2.45, 2.75) is 32.9 Å². The van der Waals surface area contributed by atoms with E-state index >= 15 is 0 Å². The molecule has 1 aromatic carbocycles. The molecule has 1 fully saturated rings. The van der Waals surface area contributed by atoms with Crippen molar-refractivity contribution in [3.05, 3.63) is 71.9 Å². The van der Waals surface area contributed by atoms with Crippen LogP contribution in [0.15, 0.2) is 60.0 Å². The van der Waals surface area contributed by atoms with Crippen LogP contribution in [0, 0.1) is 6.92 Å². The molecular weight excluding hydrogens is 517 g/mol. The third-order valence-corrected chi connectivity index (χ3v) is 5.35. The molecule has 0 saturated carbocycles. The summed E-state index contributed by atoms with van der Waals surface area (Å²) in [4.78, 5) is 26.8. The molecular formula is C23H28IN7O. The first kappa shape index (κ1) is 23.7. The van der Waals surface area contributed by atoms with Crippen LogP contribution in [-0.2, 0) is 17.9 Å². The number of nitrogens with zero attached hydrogens (tertiary/aromatic N) is 5. The number of hydrogen-bond acceptors (Lipinski definition) is 4. The Labute approximate surface area is 205 Å². The molecule has 4 rings (SSSR count). The van der Waals surface area contributed by atoms with E-state index < -0.39 is 0 Å². The molecule has 3 aromatic rings. The van der Waals surface area contributed by atoms with Gasteiger partial charge in [0, 0.05) is 57.4 Å². The number of aromatic nitrogens is 3. The van der Waals surface area contributed by atoms with Gasteiger partial charge in [-0.05, 0) is 42.7 Å². The second-order valence-corrected chi connectivity index (χ2v) is 7.46. The summed E-state index contributed by atoms with van der Waals surface area (Å²) in [6.07, 6.45) is 7.10. The van der Waals surface area contributed by atoms with Crippen molar-refractivity contribution < 1.29 is 4.79 Å². The van der Waals surface area contributed by atoms with Crippen molar-refractivity contribution >= 4 is 41.5 Å². The molecule has 9 heteroatoms. The van der Waals surface area contributed by atoms with Crippen molar-refractivity contribution in [1.82, 2.24) is 25.2 Å². The minimum atomic E-state index is 0. The van der Waals surface area contributed by atoms with E-state index in [0.717, 1.165) is 41.4 Å². The number of anilines is 1. The van der Waals surface area contributed by atoms with Gasteiger partial charge < -0.3 is 15.5 Å². The standard InChI is InChI=1S/C23H27N7O.HI/c1-17-25-11-13-29(17)21-10-7-19(15-26-21)16-28-23(24-2)27-14-18-5-8-20(9-6-18)30-12-3-4-22(30)31;/h5-11,13,15H,3-4,12,14,16H2,1-2H3,(H2,24,27,28);1H. The van der Waals surface area contributed by atoms with Crippen molar-refractivity contribution in [3.8, 4) is 5.82 Å². The van der Waals surface area contributed by atoms with E-state index in [0.29, 0.717) is 25.5 Å². The molecule has 2 N–H and O–H groups in total. The minimum Gasteiger partial charge on any atom is -0.352 e. The molecule has 32 heavy (non-hydrogen) atoms. The number of carbonyl (C=O) groups is 1. The first-order valence-corrected chi connectivity index (χ1v) is 10.4. The average Bonchev–Trinajstić information content (AvgIpc) is 3.42. The number of guanidine groups is 1. The Morgan fingerprint density at radius 1 is 1.06 bits per heavy atom. The zero-order valence-corrected chi connectivity index (χ0v) is 20.6. The first-order chi connectivity index (χ1) is 15.1. The van der Waals surface area contributed by atoms with Crippen LogP contribution < -0.4 is 15.5 Å². The van der Waals surface area contributed by atoms with Gasteiger partial charge in [0.2, 0.25) is 5.91 Å². The van der Waals surface area contributed by atoms with E-state index in [1.165, 1.54) is 0 Å². The van der Waals surface area contributed by atoms with Crippen molar-refractivity contribution in [2.75, 3.05) is 18.5 Å². The van der Waals surface area contributed by atoms with Gasteiger partial charge in [-0.1, -0.05) is 18.2 Å². The first-order valence-electron chi connectivity index (χ1n) is 10.4. The Hall–Kier alpha value is -2.95. The number of nitrogens with one attached hydrogen (secondary N) is 2. The van der Waals surface area contributed by atoms with Crippen LogP contribution in [-0.4, -0.2) is 40.0 Å². The number of aryl methyl sites for hydroxylation is 1. The molecule has 0 radical (unpaired) electrons. The summed E-state index contributed by atoms with van der Waals surface area (Å²) in [6.45, 7) is 4.02. The summed E-state index contributed by atoms with van der Waals surface area (Å²) in [5, 5.41) is 6.63. The molecule has 0 unspecified atom stereocenters. The summed E-state index contributed by atoms with van der Waals surface area (Å²) >= 11 is 0. The van der Waals surface area contributed by atoms with Gasteiger partial charge in [0.25, 0.3) is 0 Å². The quantitative estimate of drug-likeness (QED) is 0.282. The Balaban J connectivity index is 0.00000289. The second kappa shape index (κ2) is 11.1. The van der Waals surface area contributed by atoms with E-state index in [-0.39, 0.29) is 29.9 Å². The molecule has 2 aromatic heterocycles. The maximum atomic E-state index is 11.9. The van der Waals surface area contributed by atoms with Crippen molar-refractivity contribution in [3.63, 3.8) is 0 Å². The third-order valence-electron chi connectivity index (χ3n) is 5.35. The van der Waals surface area contributed by atoms with Gasteiger partial charge in [0.1, 0.15) is 11.6 Å². The summed E-state index contributed by atoms with van der Waals surface area (Å²) in [5.74, 6) is 2.68. The molecule has 8 nitrogen and oxygen atoms in total. The molecule has 1 aliphatic rings. The molecule has 1 saturated heterocycles. The van der Waals surface area contributed by atoms with Crippen LogP contribution in [0.1, 0.15) is 29.8 Å². The Morgan fingerprint density at radius 2 is 1.78 bits per heavy atom. The smallest absolute Gasteiger partial charge is 0.227 e. The normalized spacial score (nSPS) is 13.8. The van der Waals surface area contributed by atoms with Gasteiger partial charge in [-0.25, -0.2) is 9.97 Å². The highest BCUT2D eigenvalue weighted by Gasteiger charge is 2.21. The zero-order chi connectivity index (χ0) is 21.6. The number of benzene rings is 1. The number of hydrogen-bond donors (Lipinski definition) is 2. The summed E-state index contributed by atoms with van der Waals surface area (Å²) in [7, 11) is 1.75. The topological polar surface area (TPSA) is 87.4 Å².